The zero-order chi connectivity index (χ0) is 14.4. The van der Waals surface area contributed by atoms with Gasteiger partial charge in [-0.05, 0) is 51.9 Å². The SMILES string of the molecule is CCC(CCOC)C(C)(C)CC(C)OC(C)(C)C. The van der Waals surface area contributed by atoms with E-state index in [9.17, 15) is 0 Å². The van der Waals surface area contributed by atoms with Crippen molar-refractivity contribution in [2.24, 2.45) is 11.3 Å². The van der Waals surface area contributed by atoms with Gasteiger partial charge in [0.15, 0.2) is 0 Å². The van der Waals surface area contributed by atoms with Crippen LogP contribution in [0.5, 0.6) is 0 Å². The summed E-state index contributed by atoms with van der Waals surface area (Å²) in [5.74, 6) is 0.698. The summed E-state index contributed by atoms with van der Waals surface area (Å²) in [4.78, 5) is 0. The van der Waals surface area contributed by atoms with Gasteiger partial charge in [0.2, 0.25) is 0 Å². The molecule has 2 atom stereocenters. The topological polar surface area (TPSA) is 18.5 Å². The molecule has 0 fully saturated rings. The van der Waals surface area contributed by atoms with Crippen LogP contribution in [-0.4, -0.2) is 25.4 Å². The minimum Gasteiger partial charge on any atom is -0.385 e. The summed E-state index contributed by atoms with van der Waals surface area (Å²) in [6.45, 7) is 16.4. The number of hydrogen-bond donors (Lipinski definition) is 0. The summed E-state index contributed by atoms with van der Waals surface area (Å²) in [5, 5.41) is 0. The largest absolute Gasteiger partial charge is 0.385 e. The van der Waals surface area contributed by atoms with E-state index in [4.69, 9.17) is 9.47 Å². The normalized spacial score (nSPS) is 16.7. The Balaban J connectivity index is 4.41. The lowest BCUT2D eigenvalue weighted by Crippen LogP contribution is -2.33. The van der Waals surface area contributed by atoms with E-state index >= 15 is 0 Å². The fourth-order valence-electron chi connectivity index (χ4n) is 2.96. The second-order valence-electron chi connectivity index (χ2n) is 7.12. The lowest BCUT2D eigenvalue weighted by molar-refractivity contribution is -0.0736. The molecular formula is C16H34O2. The first-order valence-electron chi connectivity index (χ1n) is 7.29. The number of ether oxygens (including phenoxy) is 2. The molecule has 0 aliphatic heterocycles. The zero-order valence-corrected chi connectivity index (χ0v) is 13.8. The van der Waals surface area contributed by atoms with E-state index in [0.717, 1.165) is 19.4 Å². The van der Waals surface area contributed by atoms with Crippen LogP contribution in [0, 0.1) is 11.3 Å². The van der Waals surface area contributed by atoms with Crippen LogP contribution in [-0.2, 0) is 9.47 Å². The first kappa shape index (κ1) is 17.9. The Morgan fingerprint density at radius 3 is 2.00 bits per heavy atom. The minimum atomic E-state index is -0.0518. The predicted octanol–water partition coefficient (Wildman–Crippen LogP) is 4.67. The van der Waals surface area contributed by atoms with Crippen LogP contribution in [0.2, 0.25) is 0 Å². The monoisotopic (exact) mass is 258 g/mol. The van der Waals surface area contributed by atoms with Crippen molar-refractivity contribution in [3.63, 3.8) is 0 Å². The highest BCUT2D eigenvalue weighted by atomic mass is 16.5. The lowest BCUT2D eigenvalue weighted by atomic mass is 9.72. The van der Waals surface area contributed by atoms with E-state index in [0.29, 0.717) is 17.4 Å². The van der Waals surface area contributed by atoms with Crippen LogP contribution in [0.15, 0.2) is 0 Å². The number of methoxy groups -OCH3 is 1. The van der Waals surface area contributed by atoms with Gasteiger partial charge >= 0.3 is 0 Å². The van der Waals surface area contributed by atoms with E-state index in [2.05, 4.69) is 48.5 Å². The van der Waals surface area contributed by atoms with Crippen molar-refractivity contribution in [2.45, 2.75) is 79.4 Å². The van der Waals surface area contributed by atoms with Gasteiger partial charge in [0, 0.05) is 13.7 Å². The molecule has 0 radical (unpaired) electrons. The first-order valence-corrected chi connectivity index (χ1v) is 7.29. The highest BCUT2D eigenvalue weighted by molar-refractivity contribution is 4.80. The maximum atomic E-state index is 6.04. The van der Waals surface area contributed by atoms with Gasteiger partial charge in [0.05, 0.1) is 11.7 Å². The van der Waals surface area contributed by atoms with Crippen LogP contribution < -0.4 is 0 Å². The molecule has 0 aliphatic carbocycles. The maximum Gasteiger partial charge on any atom is 0.0602 e. The molecule has 0 aromatic rings. The third-order valence-corrected chi connectivity index (χ3v) is 3.64. The molecule has 2 heteroatoms. The number of rotatable bonds is 8. The van der Waals surface area contributed by atoms with Gasteiger partial charge in [-0.3, -0.25) is 0 Å². The molecule has 0 bridgehead atoms. The molecule has 0 N–H and O–H groups in total. The Morgan fingerprint density at radius 1 is 1.06 bits per heavy atom. The molecule has 0 aliphatic rings. The Hall–Kier alpha value is -0.0800. The Labute approximate surface area is 114 Å². The summed E-state index contributed by atoms with van der Waals surface area (Å²) >= 11 is 0. The van der Waals surface area contributed by atoms with Gasteiger partial charge in [-0.25, -0.2) is 0 Å². The molecule has 0 heterocycles. The van der Waals surface area contributed by atoms with Gasteiger partial charge < -0.3 is 9.47 Å². The van der Waals surface area contributed by atoms with Gasteiger partial charge in [-0.15, -0.1) is 0 Å². The Morgan fingerprint density at radius 2 is 1.61 bits per heavy atom. The second-order valence-corrected chi connectivity index (χ2v) is 7.12. The molecule has 0 spiro atoms. The van der Waals surface area contributed by atoms with E-state index in [1.54, 1.807) is 7.11 Å². The van der Waals surface area contributed by atoms with Gasteiger partial charge in [-0.1, -0.05) is 27.2 Å². The quantitative estimate of drug-likeness (QED) is 0.630. The molecule has 0 aromatic heterocycles. The fraction of sp³-hybridized carbons (Fsp3) is 1.00. The Bertz CT molecular complexity index is 216. The smallest absolute Gasteiger partial charge is 0.0602 e. The van der Waals surface area contributed by atoms with E-state index in [-0.39, 0.29) is 5.60 Å². The molecule has 18 heavy (non-hydrogen) atoms. The molecule has 0 amide bonds. The molecular weight excluding hydrogens is 224 g/mol. The molecule has 0 saturated carbocycles. The molecule has 0 saturated heterocycles. The van der Waals surface area contributed by atoms with E-state index in [1.807, 2.05) is 0 Å². The lowest BCUT2D eigenvalue weighted by Gasteiger charge is -2.37. The zero-order valence-electron chi connectivity index (χ0n) is 13.8. The van der Waals surface area contributed by atoms with Crippen LogP contribution in [0.3, 0.4) is 0 Å². The molecule has 0 aromatic carbocycles. The Kier molecular flexibility index (Phi) is 7.46. The average molecular weight is 258 g/mol. The van der Waals surface area contributed by atoms with Crippen molar-refractivity contribution in [1.29, 1.82) is 0 Å². The van der Waals surface area contributed by atoms with Crippen molar-refractivity contribution in [3.8, 4) is 0 Å². The van der Waals surface area contributed by atoms with E-state index < -0.39 is 0 Å². The van der Waals surface area contributed by atoms with Crippen LogP contribution in [0.1, 0.15) is 67.7 Å². The summed E-state index contributed by atoms with van der Waals surface area (Å²) in [7, 11) is 1.78. The van der Waals surface area contributed by atoms with Crippen LogP contribution in [0.25, 0.3) is 0 Å². The van der Waals surface area contributed by atoms with Crippen LogP contribution in [0.4, 0.5) is 0 Å². The third kappa shape index (κ3) is 7.38. The molecule has 0 rings (SSSR count). The summed E-state index contributed by atoms with van der Waals surface area (Å²) in [5.41, 5.74) is 0.252. The predicted molar refractivity (Wildman–Crippen MR) is 79.0 cm³/mol. The fourth-order valence-corrected chi connectivity index (χ4v) is 2.96. The average Bonchev–Trinajstić information content (AvgIpc) is 2.14. The van der Waals surface area contributed by atoms with Gasteiger partial charge in [0.1, 0.15) is 0 Å². The third-order valence-electron chi connectivity index (χ3n) is 3.64. The number of hydrogen-bond acceptors (Lipinski definition) is 2. The molecule has 2 unspecified atom stereocenters. The van der Waals surface area contributed by atoms with Crippen molar-refractivity contribution >= 4 is 0 Å². The molecule has 2 nitrogen and oxygen atoms in total. The summed E-state index contributed by atoms with van der Waals surface area (Å²) in [6, 6.07) is 0. The highest BCUT2D eigenvalue weighted by Gasteiger charge is 2.31. The van der Waals surface area contributed by atoms with Gasteiger partial charge in [0.25, 0.3) is 0 Å². The maximum absolute atomic E-state index is 6.04. The van der Waals surface area contributed by atoms with E-state index in [1.165, 1.54) is 6.42 Å². The summed E-state index contributed by atoms with van der Waals surface area (Å²) < 4.78 is 11.3. The highest BCUT2D eigenvalue weighted by Crippen LogP contribution is 2.37. The van der Waals surface area contributed by atoms with Crippen molar-refractivity contribution in [2.75, 3.05) is 13.7 Å². The second kappa shape index (κ2) is 7.49. The summed E-state index contributed by atoms with van der Waals surface area (Å²) in [6.07, 6.45) is 3.75. The van der Waals surface area contributed by atoms with Crippen molar-refractivity contribution < 1.29 is 9.47 Å². The standard InChI is InChI=1S/C16H34O2/c1-9-14(10-11-17-8)16(6,7)12-13(2)18-15(3,4)5/h13-14H,9-12H2,1-8H3. The van der Waals surface area contributed by atoms with Gasteiger partial charge in [-0.2, -0.15) is 0 Å². The van der Waals surface area contributed by atoms with Crippen molar-refractivity contribution in [3.05, 3.63) is 0 Å². The first-order chi connectivity index (χ1) is 8.12. The van der Waals surface area contributed by atoms with Crippen molar-refractivity contribution in [1.82, 2.24) is 0 Å². The van der Waals surface area contributed by atoms with Crippen LogP contribution >= 0.6 is 0 Å². The minimum absolute atomic E-state index is 0.0518. The molecule has 110 valence electrons.